The highest BCUT2D eigenvalue weighted by Crippen LogP contribution is 2.18. The van der Waals surface area contributed by atoms with E-state index in [9.17, 15) is 9.18 Å². The van der Waals surface area contributed by atoms with Gasteiger partial charge in [-0.2, -0.15) is 5.10 Å². The van der Waals surface area contributed by atoms with Gasteiger partial charge in [0.2, 0.25) is 0 Å². The van der Waals surface area contributed by atoms with Crippen LogP contribution in [0.3, 0.4) is 0 Å². The van der Waals surface area contributed by atoms with E-state index in [0.717, 1.165) is 24.2 Å². The van der Waals surface area contributed by atoms with Gasteiger partial charge in [-0.3, -0.25) is 9.48 Å². The molecule has 1 heterocycles. The highest BCUT2D eigenvalue weighted by molar-refractivity contribution is 5.92. The van der Waals surface area contributed by atoms with Crippen molar-refractivity contribution in [1.82, 2.24) is 20.0 Å². The van der Waals surface area contributed by atoms with Gasteiger partial charge < -0.3 is 10.2 Å². The number of hydrogen-bond acceptors (Lipinski definition) is 3. The SMILES string of the molecule is Cc1cc(C(=O)NC(CCN(C)C)c2ccc(F)cc2)n(C)n1. The van der Waals surface area contributed by atoms with Crippen molar-refractivity contribution >= 4 is 5.91 Å². The third-order valence-electron chi connectivity index (χ3n) is 3.68. The molecule has 0 saturated carbocycles. The second kappa shape index (κ2) is 7.37. The predicted molar refractivity (Wildman–Crippen MR) is 87.7 cm³/mol. The van der Waals surface area contributed by atoms with Gasteiger partial charge in [0.05, 0.1) is 11.7 Å². The Morgan fingerprint density at radius 3 is 2.52 bits per heavy atom. The van der Waals surface area contributed by atoms with Gasteiger partial charge in [-0.05, 0) is 57.7 Å². The molecule has 5 nitrogen and oxygen atoms in total. The molecule has 6 heteroatoms. The van der Waals surface area contributed by atoms with Gasteiger partial charge in [0, 0.05) is 7.05 Å². The maximum atomic E-state index is 13.1. The first-order chi connectivity index (χ1) is 10.9. The Kier molecular flexibility index (Phi) is 5.50. The van der Waals surface area contributed by atoms with Crippen LogP contribution in [0.2, 0.25) is 0 Å². The first-order valence-corrected chi connectivity index (χ1v) is 7.58. The highest BCUT2D eigenvalue weighted by Gasteiger charge is 2.18. The number of hydrogen-bond donors (Lipinski definition) is 1. The molecule has 124 valence electrons. The fourth-order valence-electron chi connectivity index (χ4n) is 2.46. The number of aryl methyl sites for hydroxylation is 2. The number of amides is 1. The molecule has 0 spiro atoms. The summed E-state index contributed by atoms with van der Waals surface area (Å²) < 4.78 is 14.7. The molecule has 2 rings (SSSR count). The summed E-state index contributed by atoms with van der Waals surface area (Å²) in [5.41, 5.74) is 2.20. The van der Waals surface area contributed by atoms with E-state index in [0.29, 0.717) is 5.69 Å². The molecule has 2 aromatic rings. The summed E-state index contributed by atoms with van der Waals surface area (Å²) in [7, 11) is 5.71. The van der Waals surface area contributed by atoms with Gasteiger partial charge in [-0.25, -0.2) is 4.39 Å². The second-order valence-electron chi connectivity index (χ2n) is 5.96. The number of carbonyl (C=O) groups excluding carboxylic acids is 1. The Bertz CT molecular complexity index is 664. The van der Waals surface area contributed by atoms with E-state index in [1.54, 1.807) is 29.9 Å². The van der Waals surface area contributed by atoms with Gasteiger partial charge in [-0.15, -0.1) is 0 Å². The number of nitrogens with one attached hydrogen (secondary N) is 1. The molecule has 0 fully saturated rings. The van der Waals surface area contributed by atoms with E-state index in [2.05, 4.69) is 15.3 Å². The van der Waals surface area contributed by atoms with Gasteiger partial charge in [-0.1, -0.05) is 12.1 Å². The van der Waals surface area contributed by atoms with E-state index in [-0.39, 0.29) is 17.8 Å². The minimum absolute atomic E-state index is 0.179. The van der Waals surface area contributed by atoms with Crippen LogP contribution in [0.1, 0.15) is 34.2 Å². The van der Waals surface area contributed by atoms with Crippen molar-refractivity contribution in [3.63, 3.8) is 0 Å². The van der Waals surface area contributed by atoms with Crippen LogP contribution in [0, 0.1) is 12.7 Å². The summed E-state index contributed by atoms with van der Waals surface area (Å²) >= 11 is 0. The highest BCUT2D eigenvalue weighted by atomic mass is 19.1. The molecule has 1 aromatic carbocycles. The average molecular weight is 318 g/mol. The Morgan fingerprint density at radius 2 is 2.00 bits per heavy atom. The molecule has 0 saturated heterocycles. The van der Waals surface area contributed by atoms with E-state index in [1.165, 1.54) is 12.1 Å². The normalized spacial score (nSPS) is 12.4. The molecule has 1 aromatic heterocycles. The summed E-state index contributed by atoms with van der Waals surface area (Å²) in [6, 6.07) is 7.83. The van der Waals surface area contributed by atoms with Gasteiger partial charge in [0.1, 0.15) is 11.5 Å². The second-order valence-corrected chi connectivity index (χ2v) is 5.96. The molecule has 0 aliphatic rings. The summed E-state index contributed by atoms with van der Waals surface area (Å²) in [6.07, 6.45) is 0.737. The topological polar surface area (TPSA) is 50.2 Å². The zero-order valence-electron chi connectivity index (χ0n) is 14.0. The van der Waals surface area contributed by atoms with Crippen LogP contribution in [-0.4, -0.2) is 41.2 Å². The van der Waals surface area contributed by atoms with Crippen LogP contribution in [0.25, 0.3) is 0 Å². The molecular formula is C17H23FN4O. The Hall–Kier alpha value is -2.21. The third kappa shape index (κ3) is 4.63. The number of nitrogens with zero attached hydrogens (tertiary/aromatic N) is 3. The van der Waals surface area contributed by atoms with Gasteiger partial charge in [0.25, 0.3) is 5.91 Å². The lowest BCUT2D eigenvalue weighted by Gasteiger charge is -2.21. The maximum Gasteiger partial charge on any atom is 0.270 e. The van der Waals surface area contributed by atoms with Crippen molar-refractivity contribution < 1.29 is 9.18 Å². The molecule has 0 aliphatic carbocycles. The molecule has 23 heavy (non-hydrogen) atoms. The smallest absolute Gasteiger partial charge is 0.270 e. The number of rotatable bonds is 6. The summed E-state index contributed by atoms with van der Waals surface area (Å²) in [6.45, 7) is 2.66. The van der Waals surface area contributed by atoms with Crippen molar-refractivity contribution in [1.29, 1.82) is 0 Å². The minimum Gasteiger partial charge on any atom is -0.344 e. The zero-order valence-corrected chi connectivity index (χ0v) is 14.0. The monoisotopic (exact) mass is 318 g/mol. The van der Waals surface area contributed by atoms with Crippen molar-refractivity contribution in [3.05, 3.63) is 53.1 Å². The predicted octanol–water partition coefficient (Wildman–Crippen LogP) is 2.29. The lowest BCUT2D eigenvalue weighted by Crippen LogP contribution is -2.32. The largest absolute Gasteiger partial charge is 0.344 e. The summed E-state index contributed by atoms with van der Waals surface area (Å²) in [5.74, 6) is -0.463. The minimum atomic E-state index is -0.284. The van der Waals surface area contributed by atoms with Gasteiger partial charge >= 0.3 is 0 Å². The number of carbonyl (C=O) groups is 1. The summed E-state index contributed by atoms with van der Waals surface area (Å²) in [5, 5.41) is 7.23. The van der Waals surface area contributed by atoms with Crippen LogP contribution in [0.15, 0.2) is 30.3 Å². The van der Waals surface area contributed by atoms with E-state index >= 15 is 0 Å². The average Bonchev–Trinajstić information content (AvgIpc) is 2.83. The van der Waals surface area contributed by atoms with E-state index in [1.807, 2.05) is 21.0 Å². The molecule has 1 atom stereocenters. The van der Waals surface area contributed by atoms with Crippen molar-refractivity contribution in [2.45, 2.75) is 19.4 Å². The molecular weight excluding hydrogens is 295 g/mol. The van der Waals surface area contributed by atoms with Crippen molar-refractivity contribution in [2.24, 2.45) is 7.05 Å². The fourth-order valence-corrected chi connectivity index (χ4v) is 2.46. The number of halogens is 1. The third-order valence-corrected chi connectivity index (χ3v) is 3.68. The first-order valence-electron chi connectivity index (χ1n) is 7.58. The lowest BCUT2D eigenvalue weighted by molar-refractivity contribution is 0.0923. The fraction of sp³-hybridized carbons (Fsp3) is 0.412. The molecule has 1 N–H and O–H groups in total. The standard InChI is InChI=1S/C17H23FN4O/c1-12-11-16(22(4)20-12)17(23)19-15(9-10-21(2)3)13-5-7-14(18)8-6-13/h5-8,11,15H,9-10H2,1-4H3,(H,19,23). The molecule has 0 aliphatic heterocycles. The van der Waals surface area contributed by atoms with Crippen LogP contribution >= 0.6 is 0 Å². The Labute approximate surface area is 136 Å². The van der Waals surface area contributed by atoms with Crippen molar-refractivity contribution in [3.8, 4) is 0 Å². The lowest BCUT2D eigenvalue weighted by atomic mass is 10.0. The number of aromatic nitrogens is 2. The Balaban J connectivity index is 2.18. The van der Waals surface area contributed by atoms with E-state index < -0.39 is 0 Å². The van der Waals surface area contributed by atoms with Crippen molar-refractivity contribution in [2.75, 3.05) is 20.6 Å². The van der Waals surface area contributed by atoms with Crippen LogP contribution in [-0.2, 0) is 7.05 Å². The van der Waals surface area contributed by atoms with Gasteiger partial charge in [0.15, 0.2) is 0 Å². The molecule has 0 radical (unpaired) electrons. The first kappa shape index (κ1) is 17.1. The van der Waals surface area contributed by atoms with Crippen LogP contribution in [0.4, 0.5) is 4.39 Å². The molecule has 0 bridgehead atoms. The number of benzene rings is 1. The van der Waals surface area contributed by atoms with Crippen LogP contribution in [0.5, 0.6) is 0 Å². The van der Waals surface area contributed by atoms with E-state index in [4.69, 9.17) is 0 Å². The molecule has 1 amide bonds. The van der Waals surface area contributed by atoms with Crippen LogP contribution < -0.4 is 5.32 Å². The Morgan fingerprint density at radius 1 is 1.35 bits per heavy atom. The quantitative estimate of drug-likeness (QED) is 0.889. The zero-order chi connectivity index (χ0) is 17.0. The molecule has 1 unspecified atom stereocenters. The summed E-state index contributed by atoms with van der Waals surface area (Å²) in [4.78, 5) is 14.6. The maximum absolute atomic E-state index is 13.1.